The molecule has 5 heteroatoms. The Bertz CT molecular complexity index is 433. The average Bonchev–Trinajstić information content (AvgIpc) is 2.82. The van der Waals surface area contributed by atoms with Gasteiger partial charge in [0.25, 0.3) is 0 Å². The van der Waals surface area contributed by atoms with E-state index in [1.54, 1.807) is 22.8 Å². The first-order valence-electron chi connectivity index (χ1n) is 5.90. The van der Waals surface area contributed by atoms with Crippen molar-refractivity contribution in [3.05, 3.63) is 47.8 Å². The van der Waals surface area contributed by atoms with Gasteiger partial charge >= 0.3 is 0 Å². The zero-order chi connectivity index (χ0) is 12.8. The van der Waals surface area contributed by atoms with Crippen LogP contribution in [0.1, 0.15) is 12.0 Å². The molecule has 4 nitrogen and oxygen atoms in total. The summed E-state index contributed by atoms with van der Waals surface area (Å²) < 4.78 is 0. The van der Waals surface area contributed by atoms with E-state index in [9.17, 15) is 4.79 Å². The largest absolute Gasteiger partial charge is 0.384 e. The van der Waals surface area contributed by atoms with Gasteiger partial charge in [0.2, 0.25) is 5.91 Å². The molecule has 0 aliphatic carbocycles. The van der Waals surface area contributed by atoms with Crippen molar-refractivity contribution in [2.45, 2.75) is 12.2 Å². The van der Waals surface area contributed by atoms with Crippen LogP contribution < -0.4 is 11.2 Å². The van der Waals surface area contributed by atoms with Gasteiger partial charge in [-0.2, -0.15) is 11.8 Å². The highest BCUT2D eigenvalue weighted by Crippen LogP contribution is 2.13. The van der Waals surface area contributed by atoms with Crippen LogP contribution in [0.5, 0.6) is 0 Å². The minimum absolute atomic E-state index is 0.0901. The molecule has 1 aromatic carbocycles. The molecule has 0 atom stereocenters. The molecular formula is C13H17N3OS. The Balaban J connectivity index is 1.63. The lowest BCUT2D eigenvalue weighted by atomic mass is 10.2. The maximum atomic E-state index is 11.8. The molecule has 1 aliphatic rings. The summed E-state index contributed by atoms with van der Waals surface area (Å²) in [5.41, 5.74) is 9.66. The summed E-state index contributed by atoms with van der Waals surface area (Å²) in [6.45, 7) is 0.564. The number of carbonyl (C=O) groups is 1. The minimum Gasteiger partial charge on any atom is -0.384 e. The predicted octanol–water partition coefficient (Wildman–Crippen LogP) is 1.46. The first-order chi connectivity index (χ1) is 8.75. The van der Waals surface area contributed by atoms with Gasteiger partial charge in [-0.3, -0.25) is 15.2 Å². The lowest BCUT2D eigenvalue weighted by Gasteiger charge is -2.16. The van der Waals surface area contributed by atoms with Gasteiger partial charge in [-0.25, -0.2) is 0 Å². The van der Waals surface area contributed by atoms with Crippen LogP contribution in [0, 0.1) is 0 Å². The van der Waals surface area contributed by atoms with E-state index in [4.69, 9.17) is 5.73 Å². The highest BCUT2D eigenvalue weighted by molar-refractivity contribution is 7.98. The van der Waals surface area contributed by atoms with E-state index in [2.05, 4.69) is 17.6 Å². The van der Waals surface area contributed by atoms with Crippen molar-refractivity contribution in [2.24, 2.45) is 5.73 Å². The molecule has 1 heterocycles. The molecule has 1 aliphatic heterocycles. The fourth-order valence-corrected chi connectivity index (χ4v) is 2.55. The summed E-state index contributed by atoms with van der Waals surface area (Å²) in [5.74, 6) is 2.42. The number of hydrogen-bond donors (Lipinski definition) is 2. The molecule has 0 unspecified atom stereocenters. The third kappa shape index (κ3) is 3.70. The van der Waals surface area contributed by atoms with Crippen LogP contribution in [0.15, 0.2) is 42.2 Å². The van der Waals surface area contributed by atoms with Gasteiger partial charge in [0, 0.05) is 17.9 Å². The molecule has 96 valence electrons. The van der Waals surface area contributed by atoms with Crippen molar-refractivity contribution in [3.8, 4) is 0 Å². The number of hydrazine groups is 1. The van der Waals surface area contributed by atoms with Crippen molar-refractivity contribution in [2.75, 3.05) is 12.3 Å². The van der Waals surface area contributed by atoms with Crippen LogP contribution in [0.2, 0.25) is 0 Å². The summed E-state index contributed by atoms with van der Waals surface area (Å²) in [6, 6.07) is 10.3. The Morgan fingerprint density at radius 2 is 2.17 bits per heavy atom. The Hall–Kier alpha value is -1.62. The van der Waals surface area contributed by atoms with E-state index in [1.165, 1.54) is 5.56 Å². The molecule has 0 bridgehead atoms. The van der Waals surface area contributed by atoms with Gasteiger partial charge in [0.1, 0.15) is 5.82 Å². The number of carbonyl (C=O) groups excluding carboxylic acids is 1. The van der Waals surface area contributed by atoms with Gasteiger partial charge in [0.05, 0.1) is 6.54 Å². The van der Waals surface area contributed by atoms with Crippen molar-refractivity contribution < 1.29 is 4.79 Å². The summed E-state index contributed by atoms with van der Waals surface area (Å²) in [4.78, 5) is 11.8. The number of thioether (sulfide) groups is 1. The fourth-order valence-electron chi connectivity index (χ4n) is 1.66. The molecule has 0 saturated heterocycles. The van der Waals surface area contributed by atoms with E-state index >= 15 is 0 Å². The lowest BCUT2D eigenvalue weighted by Crippen LogP contribution is -2.39. The Morgan fingerprint density at radius 3 is 2.83 bits per heavy atom. The third-order valence-electron chi connectivity index (χ3n) is 2.63. The molecular weight excluding hydrogens is 246 g/mol. The summed E-state index contributed by atoms with van der Waals surface area (Å²) in [7, 11) is 0. The van der Waals surface area contributed by atoms with E-state index in [0.29, 0.717) is 18.8 Å². The quantitative estimate of drug-likeness (QED) is 0.790. The van der Waals surface area contributed by atoms with Crippen LogP contribution in [0.4, 0.5) is 0 Å². The fraction of sp³-hybridized carbons (Fsp3) is 0.308. The Morgan fingerprint density at radius 1 is 1.39 bits per heavy atom. The second-order valence-electron chi connectivity index (χ2n) is 4.06. The van der Waals surface area contributed by atoms with Crippen LogP contribution in [0.25, 0.3) is 0 Å². The summed E-state index contributed by atoms with van der Waals surface area (Å²) in [5, 5.41) is 1.55. The number of nitrogens with zero attached hydrogens (tertiary/aromatic N) is 1. The third-order valence-corrected chi connectivity index (χ3v) is 3.66. The number of benzene rings is 1. The molecule has 3 N–H and O–H groups in total. The van der Waals surface area contributed by atoms with Crippen LogP contribution >= 0.6 is 11.8 Å². The topological polar surface area (TPSA) is 58.4 Å². The molecule has 0 spiro atoms. The number of nitrogens with two attached hydrogens (primary N) is 1. The first kappa shape index (κ1) is 12.8. The molecule has 0 saturated carbocycles. The van der Waals surface area contributed by atoms with Crippen LogP contribution in [-0.4, -0.2) is 23.2 Å². The van der Waals surface area contributed by atoms with E-state index in [1.807, 2.05) is 18.2 Å². The smallest absolute Gasteiger partial charge is 0.242 e. The Labute approximate surface area is 111 Å². The first-order valence-corrected chi connectivity index (χ1v) is 7.05. The SMILES string of the molecule is NC1=CCN(C(=O)CCSCc2ccccc2)N1. The van der Waals surface area contributed by atoms with Crippen molar-refractivity contribution in [3.63, 3.8) is 0 Å². The van der Waals surface area contributed by atoms with Gasteiger partial charge < -0.3 is 5.73 Å². The molecule has 1 amide bonds. The van der Waals surface area contributed by atoms with Gasteiger partial charge in [-0.05, 0) is 11.6 Å². The maximum absolute atomic E-state index is 11.8. The summed E-state index contributed by atoms with van der Waals surface area (Å²) in [6.07, 6.45) is 2.33. The second-order valence-corrected chi connectivity index (χ2v) is 5.17. The van der Waals surface area contributed by atoms with Crippen molar-refractivity contribution in [1.82, 2.24) is 10.4 Å². The average molecular weight is 263 g/mol. The molecule has 0 radical (unpaired) electrons. The van der Waals surface area contributed by atoms with Crippen LogP contribution in [0.3, 0.4) is 0 Å². The second kappa shape index (κ2) is 6.35. The monoisotopic (exact) mass is 263 g/mol. The summed E-state index contributed by atoms with van der Waals surface area (Å²) >= 11 is 1.77. The molecule has 18 heavy (non-hydrogen) atoms. The molecule has 1 aromatic rings. The van der Waals surface area contributed by atoms with Gasteiger partial charge in [-0.1, -0.05) is 30.3 Å². The predicted molar refractivity (Wildman–Crippen MR) is 74.3 cm³/mol. The molecule has 0 fully saturated rings. The highest BCUT2D eigenvalue weighted by atomic mass is 32.2. The van der Waals surface area contributed by atoms with Gasteiger partial charge in [-0.15, -0.1) is 0 Å². The zero-order valence-electron chi connectivity index (χ0n) is 10.1. The van der Waals surface area contributed by atoms with E-state index < -0.39 is 0 Å². The van der Waals surface area contributed by atoms with Crippen molar-refractivity contribution in [1.29, 1.82) is 0 Å². The zero-order valence-corrected chi connectivity index (χ0v) is 11.0. The molecule has 2 rings (SSSR count). The number of hydrogen-bond acceptors (Lipinski definition) is 4. The number of rotatable bonds is 5. The van der Waals surface area contributed by atoms with Crippen LogP contribution in [-0.2, 0) is 10.5 Å². The number of nitrogens with one attached hydrogen (secondary N) is 1. The van der Waals surface area contributed by atoms with E-state index in [-0.39, 0.29) is 5.91 Å². The number of amides is 1. The van der Waals surface area contributed by atoms with Crippen molar-refractivity contribution >= 4 is 17.7 Å². The standard InChI is InChI=1S/C13H17N3OS/c14-12-6-8-16(15-12)13(17)7-9-18-10-11-4-2-1-3-5-11/h1-6,15H,7-10,14H2. The lowest BCUT2D eigenvalue weighted by molar-refractivity contribution is -0.132. The normalized spacial score (nSPS) is 14.2. The Kier molecular flexibility index (Phi) is 4.52. The molecule has 0 aromatic heterocycles. The van der Waals surface area contributed by atoms with E-state index in [0.717, 1.165) is 11.5 Å². The highest BCUT2D eigenvalue weighted by Gasteiger charge is 2.16. The van der Waals surface area contributed by atoms with Gasteiger partial charge in [0.15, 0.2) is 0 Å². The minimum atomic E-state index is 0.0901. The maximum Gasteiger partial charge on any atom is 0.242 e.